The number of sulfone groups is 1. The average Bonchev–Trinajstić information content (AvgIpc) is 2.27. The predicted molar refractivity (Wildman–Crippen MR) is 69.7 cm³/mol. The molecule has 3 N–H and O–H groups in total. The third-order valence-electron chi connectivity index (χ3n) is 2.13. The normalized spacial score (nSPS) is 10.3. The van der Waals surface area contributed by atoms with Crippen molar-refractivity contribution in [2.24, 2.45) is 0 Å². The highest BCUT2D eigenvalue weighted by atomic mass is 32.2. The summed E-state index contributed by atoms with van der Waals surface area (Å²) in [7, 11) is -3.39. The number of hydrogen-bond donors (Lipinski definition) is 2. The summed E-state index contributed by atoms with van der Waals surface area (Å²) in [6.07, 6.45) is 1.06. The summed E-state index contributed by atoms with van der Waals surface area (Å²) < 4.78 is 22.8. The Labute approximate surface area is 106 Å². The van der Waals surface area contributed by atoms with Gasteiger partial charge >= 0.3 is 0 Å². The number of nitrogen functional groups attached to an aromatic ring is 1. The van der Waals surface area contributed by atoms with Crippen molar-refractivity contribution >= 4 is 21.4 Å². The fourth-order valence-electron chi connectivity index (χ4n) is 1.28. The van der Waals surface area contributed by atoms with Crippen LogP contribution in [0.4, 0.5) is 5.69 Å². The minimum absolute atomic E-state index is 0.0224. The van der Waals surface area contributed by atoms with Gasteiger partial charge in [-0.2, -0.15) is 0 Å². The van der Waals surface area contributed by atoms with Gasteiger partial charge < -0.3 is 11.1 Å². The molecule has 1 amide bonds. The maximum Gasteiger partial charge on any atom is 0.252 e. The summed E-state index contributed by atoms with van der Waals surface area (Å²) in [6, 6.07) is 4.03. The Morgan fingerprint density at radius 3 is 2.61 bits per heavy atom. The number of anilines is 1. The van der Waals surface area contributed by atoms with E-state index in [1.54, 1.807) is 6.92 Å². The Balaban J connectivity index is 3.06. The van der Waals surface area contributed by atoms with Crippen molar-refractivity contribution in [2.45, 2.75) is 11.8 Å². The van der Waals surface area contributed by atoms with Gasteiger partial charge in [0, 0.05) is 17.5 Å². The zero-order chi connectivity index (χ0) is 13.8. The average molecular weight is 266 g/mol. The van der Waals surface area contributed by atoms with E-state index in [2.05, 4.69) is 17.2 Å². The van der Waals surface area contributed by atoms with Crippen LogP contribution in [0.25, 0.3) is 0 Å². The largest absolute Gasteiger partial charge is 0.399 e. The van der Waals surface area contributed by atoms with Gasteiger partial charge in [0.1, 0.15) is 0 Å². The van der Waals surface area contributed by atoms with Crippen LogP contribution in [-0.2, 0) is 9.84 Å². The summed E-state index contributed by atoms with van der Waals surface area (Å²) in [6.45, 7) is 1.87. The van der Waals surface area contributed by atoms with Crippen molar-refractivity contribution < 1.29 is 13.2 Å². The molecule has 0 saturated carbocycles. The van der Waals surface area contributed by atoms with Crippen LogP contribution < -0.4 is 11.1 Å². The maximum absolute atomic E-state index is 11.7. The number of nitrogens with two attached hydrogens (primary N) is 1. The molecule has 1 aromatic rings. The van der Waals surface area contributed by atoms with Crippen molar-refractivity contribution in [3.8, 4) is 11.8 Å². The van der Waals surface area contributed by atoms with E-state index < -0.39 is 15.7 Å². The van der Waals surface area contributed by atoms with E-state index in [1.165, 1.54) is 18.2 Å². The highest BCUT2D eigenvalue weighted by Crippen LogP contribution is 2.16. The van der Waals surface area contributed by atoms with Gasteiger partial charge in [-0.15, -0.1) is 5.92 Å². The van der Waals surface area contributed by atoms with Crippen molar-refractivity contribution in [2.75, 3.05) is 18.5 Å². The minimum Gasteiger partial charge on any atom is -0.399 e. The second-order valence-electron chi connectivity index (χ2n) is 3.67. The third-order valence-corrected chi connectivity index (χ3v) is 3.23. The number of carbonyl (C=O) groups excluding carboxylic acids is 1. The molecule has 0 unspecified atom stereocenters. The molecule has 0 saturated heterocycles. The van der Waals surface area contributed by atoms with Crippen molar-refractivity contribution in [1.82, 2.24) is 5.32 Å². The molecule has 0 aromatic heterocycles. The molecule has 0 atom stereocenters. The second-order valence-corrected chi connectivity index (χ2v) is 5.69. The molecule has 0 aliphatic carbocycles. The molecule has 0 heterocycles. The molecule has 0 aliphatic heterocycles. The van der Waals surface area contributed by atoms with Crippen molar-refractivity contribution in [3.05, 3.63) is 23.8 Å². The summed E-state index contributed by atoms with van der Waals surface area (Å²) in [4.78, 5) is 11.7. The maximum atomic E-state index is 11.7. The Morgan fingerprint density at radius 1 is 1.39 bits per heavy atom. The quantitative estimate of drug-likeness (QED) is 0.613. The van der Waals surface area contributed by atoms with E-state index >= 15 is 0 Å². The smallest absolute Gasteiger partial charge is 0.252 e. The van der Waals surface area contributed by atoms with Gasteiger partial charge in [-0.1, -0.05) is 5.92 Å². The van der Waals surface area contributed by atoms with Crippen LogP contribution in [0.1, 0.15) is 17.3 Å². The number of hydrogen-bond acceptors (Lipinski definition) is 4. The number of rotatable bonds is 3. The van der Waals surface area contributed by atoms with Gasteiger partial charge in [0.05, 0.1) is 11.4 Å². The molecule has 1 aromatic carbocycles. The number of carbonyl (C=O) groups is 1. The van der Waals surface area contributed by atoms with Crippen LogP contribution in [0.3, 0.4) is 0 Å². The van der Waals surface area contributed by atoms with E-state index in [-0.39, 0.29) is 22.7 Å². The molecule has 5 nitrogen and oxygen atoms in total. The van der Waals surface area contributed by atoms with E-state index in [1.807, 2.05) is 0 Å². The fraction of sp³-hybridized carbons (Fsp3) is 0.250. The molecule has 6 heteroatoms. The second kappa shape index (κ2) is 5.56. The monoisotopic (exact) mass is 266 g/mol. The molecule has 0 fully saturated rings. The highest BCUT2D eigenvalue weighted by Gasteiger charge is 2.12. The lowest BCUT2D eigenvalue weighted by atomic mass is 10.2. The van der Waals surface area contributed by atoms with E-state index in [4.69, 9.17) is 5.73 Å². The summed E-state index contributed by atoms with van der Waals surface area (Å²) in [5.74, 6) is 4.91. The van der Waals surface area contributed by atoms with Crippen LogP contribution in [0.15, 0.2) is 23.1 Å². The first kappa shape index (κ1) is 14.1. The van der Waals surface area contributed by atoms with Gasteiger partial charge in [-0.25, -0.2) is 8.42 Å². The molecule has 1 rings (SSSR count). The first-order chi connectivity index (χ1) is 8.34. The number of amides is 1. The van der Waals surface area contributed by atoms with Crippen LogP contribution in [0, 0.1) is 11.8 Å². The van der Waals surface area contributed by atoms with Crippen LogP contribution in [0.5, 0.6) is 0 Å². The minimum atomic E-state index is -3.39. The zero-order valence-corrected chi connectivity index (χ0v) is 11.0. The summed E-state index contributed by atoms with van der Waals surface area (Å²) >= 11 is 0. The third kappa shape index (κ3) is 3.79. The van der Waals surface area contributed by atoms with E-state index in [0.29, 0.717) is 0 Å². The number of nitrogens with one attached hydrogen (secondary N) is 1. The van der Waals surface area contributed by atoms with Gasteiger partial charge in [0.25, 0.3) is 5.91 Å². The lowest BCUT2D eigenvalue weighted by molar-refractivity contribution is 0.0958. The molecular formula is C12H14N2O3S. The standard InChI is InChI=1S/C12H14N2O3S/c1-3-4-5-14-12(15)9-6-10(13)8-11(7-9)18(2,16)17/h6-8H,5,13H2,1-2H3,(H,14,15). The van der Waals surface area contributed by atoms with Gasteiger partial charge in [-0.3, -0.25) is 4.79 Å². The molecule has 0 aliphatic rings. The summed E-state index contributed by atoms with van der Waals surface area (Å²) in [5.41, 5.74) is 6.00. The SMILES string of the molecule is CC#CCNC(=O)c1cc(N)cc(S(C)(=O)=O)c1. The molecular weight excluding hydrogens is 252 g/mol. The molecule has 96 valence electrons. The van der Waals surface area contributed by atoms with Crippen molar-refractivity contribution in [3.63, 3.8) is 0 Å². The van der Waals surface area contributed by atoms with E-state index in [9.17, 15) is 13.2 Å². The number of benzene rings is 1. The zero-order valence-electron chi connectivity index (χ0n) is 10.1. The molecule has 0 radical (unpaired) electrons. The molecule has 0 bridgehead atoms. The lowest BCUT2D eigenvalue weighted by Gasteiger charge is -2.06. The Bertz CT molecular complexity index is 624. The van der Waals surface area contributed by atoms with Crippen LogP contribution in [-0.4, -0.2) is 27.1 Å². The Morgan fingerprint density at radius 2 is 2.06 bits per heavy atom. The van der Waals surface area contributed by atoms with E-state index in [0.717, 1.165) is 6.26 Å². The van der Waals surface area contributed by atoms with Gasteiger partial charge in [0.2, 0.25) is 0 Å². The first-order valence-corrected chi connectivity index (χ1v) is 7.02. The van der Waals surface area contributed by atoms with Crippen LogP contribution >= 0.6 is 0 Å². The van der Waals surface area contributed by atoms with Gasteiger partial charge in [0.15, 0.2) is 9.84 Å². The summed E-state index contributed by atoms with van der Waals surface area (Å²) in [5, 5.41) is 2.54. The fourth-order valence-corrected chi connectivity index (χ4v) is 1.97. The van der Waals surface area contributed by atoms with Gasteiger partial charge in [-0.05, 0) is 25.1 Å². The predicted octanol–water partition coefficient (Wildman–Crippen LogP) is 0.425. The lowest BCUT2D eigenvalue weighted by Crippen LogP contribution is -2.24. The highest BCUT2D eigenvalue weighted by molar-refractivity contribution is 7.90. The molecule has 0 spiro atoms. The van der Waals surface area contributed by atoms with Crippen LogP contribution in [0.2, 0.25) is 0 Å². The first-order valence-electron chi connectivity index (χ1n) is 5.13. The Hall–Kier alpha value is -2.00. The molecule has 18 heavy (non-hydrogen) atoms. The van der Waals surface area contributed by atoms with Crippen molar-refractivity contribution in [1.29, 1.82) is 0 Å². The topological polar surface area (TPSA) is 89.3 Å². The Kier molecular flexibility index (Phi) is 4.34.